The summed E-state index contributed by atoms with van der Waals surface area (Å²) in [6, 6.07) is 5.61. The minimum atomic E-state index is -0.191. The number of halogens is 3. The van der Waals surface area contributed by atoms with Crippen LogP contribution in [0.4, 0.5) is 0 Å². The first-order chi connectivity index (χ1) is 10.4. The Bertz CT molecular complexity index is 493. The number of unbranched alkanes of at least 4 members (excludes halogenated alkanes) is 3. The van der Waals surface area contributed by atoms with E-state index in [0.29, 0.717) is 23.0 Å². The maximum atomic E-state index is 11.9. The van der Waals surface area contributed by atoms with Gasteiger partial charge in [-0.15, -0.1) is 12.4 Å². The van der Waals surface area contributed by atoms with Gasteiger partial charge < -0.3 is 11.1 Å². The van der Waals surface area contributed by atoms with Gasteiger partial charge in [0, 0.05) is 18.4 Å². The monoisotopic (exact) mass is 380 g/mol. The van der Waals surface area contributed by atoms with E-state index in [0.717, 1.165) is 37.8 Å². The molecule has 0 saturated carbocycles. The minimum absolute atomic E-state index is 0. The molecule has 1 aromatic carbocycles. The van der Waals surface area contributed by atoms with Crippen LogP contribution in [0.5, 0.6) is 0 Å². The Morgan fingerprint density at radius 3 is 2.39 bits per heavy atom. The quantitative estimate of drug-likeness (QED) is 0.608. The Morgan fingerprint density at radius 1 is 1.13 bits per heavy atom. The number of carbonyl (C=O) groups is 1. The molecular weight excluding hydrogens is 355 g/mol. The number of carbonyl (C=O) groups excluding carboxylic acids is 1. The first-order valence-electron chi connectivity index (χ1n) is 7.79. The molecule has 0 saturated heterocycles. The maximum absolute atomic E-state index is 11.9. The fraction of sp³-hybridized carbons (Fsp3) is 0.588. The Labute approximate surface area is 155 Å². The van der Waals surface area contributed by atoms with Gasteiger partial charge in [-0.3, -0.25) is 4.79 Å². The summed E-state index contributed by atoms with van der Waals surface area (Å²) in [7, 11) is 0. The Balaban J connectivity index is 0.00000484. The van der Waals surface area contributed by atoms with E-state index in [1.807, 2.05) is 12.1 Å². The molecule has 0 radical (unpaired) electrons. The summed E-state index contributed by atoms with van der Waals surface area (Å²) in [5.41, 5.74) is 6.31. The molecule has 3 N–H and O–H groups in total. The van der Waals surface area contributed by atoms with Crippen LogP contribution in [-0.2, 0) is 10.2 Å². The highest BCUT2D eigenvalue weighted by Crippen LogP contribution is 2.29. The number of nitrogens with one attached hydrogen (secondary N) is 1. The summed E-state index contributed by atoms with van der Waals surface area (Å²) < 4.78 is 0. The Kier molecular flexibility index (Phi) is 10.9. The molecule has 6 heteroatoms. The average molecular weight is 382 g/mol. The number of hydrogen-bond acceptors (Lipinski definition) is 2. The van der Waals surface area contributed by atoms with Crippen molar-refractivity contribution in [3.8, 4) is 0 Å². The van der Waals surface area contributed by atoms with Crippen molar-refractivity contribution in [2.75, 3.05) is 13.1 Å². The molecule has 1 amide bonds. The largest absolute Gasteiger partial charge is 0.355 e. The molecule has 1 rings (SSSR count). The molecule has 0 atom stereocenters. The van der Waals surface area contributed by atoms with Crippen LogP contribution in [-0.4, -0.2) is 19.0 Å². The van der Waals surface area contributed by atoms with E-state index in [-0.39, 0.29) is 23.7 Å². The first-order valence-corrected chi connectivity index (χ1v) is 8.54. The first kappa shape index (κ1) is 22.5. The summed E-state index contributed by atoms with van der Waals surface area (Å²) in [6.45, 7) is 5.46. The van der Waals surface area contributed by atoms with Crippen molar-refractivity contribution >= 4 is 41.5 Å². The van der Waals surface area contributed by atoms with E-state index < -0.39 is 0 Å². The van der Waals surface area contributed by atoms with Gasteiger partial charge in [0.15, 0.2) is 0 Å². The van der Waals surface area contributed by atoms with Crippen molar-refractivity contribution in [3.05, 3.63) is 33.8 Å². The zero-order valence-electron chi connectivity index (χ0n) is 13.8. The lowest BCUT2D eigenvalue weighted by molar-refractivity contribution is -0.121. The second-order valence-electron chi connectivity index (χ2n) is 6.24. The van der Waals surface area contributed by atoms with E-state index in [4.69, 9.17) is 28.9 Å². The maximum Gasteiger partial charge on any atom is 0.220 e. The van der Waals surface area contributed by atoms with Crippen LogP contribution >= 0.6 is 35.6 Å². The molecule has 0 fully saturated rings. The van der Waals surface area contributed by atoms with Crippen LogP contribution in [0.2, 0.25) is 10.0 Å². The van der Waals surface area contributed by atoms with Crippen LogP contribution in [0.3, 0.4) is 0 Å². The number of hydrogen-bond donors (Lipinski definition) is 2. The van der Waals surface area contributed by atoms with Gasteiger partial charge in [-0.25, -0.2) is 0 Å². The second-order valence-corrected chi connectivity index (χ2v) is 7.06. The second kappa shape index (κ2) is 11.1. The van der Waals surface area contributed by atoms with Crippen LogP contribution in [0.15, 0.2) is 18.2 Å². The Hall–Kier alpha value is -0.480. The predicted molar refractivity (Wildman–Crippen MR) is 102 cm³/mol. The number of amides is 1. The molecule has 0 aliphatic heterocycles. The smallest absolute Gasteiger partial charge is 0.220 e. The van der Waals surface area contributed by atoms with Crippen molar-refractivity contribution in [1.29, 1.82) is 0 Å². The van der Waals surface area contributed by atoms with Crippen molar-refractivity contribution in [3.63, 3.8) is 0 Å². The third-order valence-electron chi connectivity index (χ3n) is 3.79. The zero-order valence-corrected chi connectivity index (χ0v) is 16.2. The normalized spacial score (nSPS) is 11.0. The number of benzene rings is 1. The third-order valence-corrected chi connectivity index (χ3v) is 4.53. The van der Waals surface area contributed by atoms with Gasteiger partial charge in [0.2, 0.25) is 5.91 Å². The van der Waals surface area contributed by atoms with E-state index in [9.17, 15) is 4.79 Å². The molecule has 0 spiro atoms. The van der Waals surface area contributed by atoms with E-state index in [1.165, 1.54) is 0 Å². The van der Waals surface area contributed by atoms with Crippen LogP contribution in [0.25, 0.3) is 0 Å². The summed E-state index contributed by atoms with van der Waals surface area (Å²) in [5, 5.41) is 4.09. The summed E-state index contributed by atoms with van der Waals surface area (Å²) >= 11 is 12.0. The molecule has 0 aliphatic carbocycles. The molecule has 0 unspecified atom stereocenters. The zero-order chi connectivity index (χ0) is 16.6. The average Bonchev–Trinajstić information content (AvgIpc) is 2.48. The van der Waals surface area contributed by atoms with E-state index in [1.54, 1.807) is 6.07 Å². The summed E-state index contributed by atoms with van der Waals surface area (Å²) in [5.74, 6) is 0.0980. The lowest BCUT2D eigenvalue weighted by Crippen LogP contribution is -2.36. The molecule has 23 heavy (non-hydrogen) atoms. The molecule has 1 aromatic rings. The molecule has 3 nitrogen and oxygen atoms in total. The topological polar surface area (TPSA) is 55.1 Å². The van der Waals surface area contributed by atoms with E-state index in [2.05, 4.69) is 19.2 Å². The highest BCUT2D eigenvalue weighted by atomic mass is 35.5. The van der Waals surface area contributed by atoms with Gasteiger partial charge in [-0.05, 0) is 37.1 Å². The fourth-order valence-corrected chi connectivity index (χ4v) is 2.51. The molecule has 0 aromatic heterocycles. The third kappa shape index (κ3) is 8.25. The van der Waals surface area contributed by atoms with Gasteiger partial charge in [-0.1, -0.05) is 56.0 Å². The van der Waals surface area contributed by atoms with E-state index >= 15 is 0 Å². The van der Waals surface area contributed by atoms with Crippen molar-refractivity contribution in [2.45, 2.75) is 51.4 Å². The molecule has 0 bridgehead atoms. The summed E-state index contributed by atoms with van der Waals surface area (Å²) in [6.07, 6.45) is 4.67. The summed E-state index contributed by atoms with van der Waals surface area (Å²) in [4.78, 5) is 11.9. The number of rotatable bonds is 9. The molecule has 0 aliphatic rings. The van der Waals surface area contributed by atoms with Crippen molar-refractivity contribution in [2.24, 2.45) is 5.73 Å². The van der Waals surface area contributed by atoms with Gasteiger partial charge in [0.05, 0.1) is 10.0 Å². The minimum Gasteiger partial charge on any atom is -0.355 e. The highest BCUT2D eigenvalue weighted by molar-refractivity contribution is 6.42. The molecule has 132 valence electrons. The van der Waals surface area contributed by atoms with Crippen LogP contribution < -0.4 is 11.1 Å². The predicted octanol–water partition coefficient (Wildman–Crippen LogP) is 4.72. The van der Waals surface area contributed by atoms with Gasteiger partial charge >= 0.3 is 0 Å². The standard InChI is InChI=1S/C17H26Cl2N2O.ClH/c1-17(2,13-8-9-14(18)15(19)11-13)12-21-16(22)7-5-3-4-6-10-20;/h8-9,11H,3-7,10,12,20H2,1-2H3,(H,21,22);1H. The lowest BCUT2D eigenvalue weighted by atomic mass is 9.84. The van der Waals surface area contributed by atoms with Crippen LogP contribution in [0, 0.1) is 0 Å². The number of nitrogens with two attached hydrogens (primary N) is 1. The SMILES string of the molecule is CC(C)(CNC(=O)CCCCCCN)c1ccc(Cl)c(Cl)c1.Cl. The van der Waals surface area contributed by atoms with Crippen molar-refractivity contribution < 1.29 is 4.79 Å². The Morgan fingerprint density at radius 2 is 1.78 bits per heavy atom. The van der Waals surface area contributed by atoms with Crippen molar-refractivity contribution in [1.82, 2.24) is 5.32 Å². The van der Waals surface area contributed by atoms with Gasteiger partial charge in [0.1, 0.15) is 0 Å². The lowest BCUT2D eigenvalue weighted by Gasteiger charge is -2.26. The molecular formula is C17H27Cl3N2O. The highest BCUT2D eigenvalue weighted by Gasteiger charge is 2.22. The van der Waals surface area contributed by atoms with Crippen LogP contribution in [0.1, 0.15) is 51.5 Å². The van der Waals surface area contributed by atoms with Gasteiger partial charge in [0.25, 0.3) is 0 Å². The van der Waals surface area contributed by atoms with Gasteiger partial charge in [-0.2, -0.15) is 0 Å². The molecule has 0 heterocycles. The fourth-order valence-electron chi connectivity index (χ4n) is 2.21.